The number of fused-ring (bicyclic) bond motifs is 1. The van der Waals surface area contributed by atoms with Crippen LogP contribution in [0.5, 0.6) is 0 Å². The molecule has 0 fully saturated rings. The number of nitrogens with one attached hydrogen (secondary N) is 1. The molecular formula is C25H22F3N3O2S. The predicted octanol–water partition coefficient (Wildman–Crippen LogP) is 6.35. The minimum Gasteiger partial charge on any atom is -0.324 e. The maximum atomic E-state index is 13.5. The van der Waals surface area contributed by atoms with Crippen LogP contribution in [-0.4, -0.2) is 15.5 Å². The number of nitrogens with zero attached hydrogens (tertiary/aromatic N) is 2. The summed E-state index contributed by atoms with van der Waals surface area (Å²) in [5.74, 6) is -0.589. The average Bonchev–Trinajstić information content (AvgIpc) is 3.20. The van der Waals surface area contributed by atoms with Gasteiger partial charge in [0.25, 0.3) is 5.56 Å². The van der Waals surface area contributed by atoms with Gasteiger partial charge in [-0.2, -0.15) is 13.2 Å². The summed E-state index contributed by atoms with van der Waals surface area (Å²) in [7, 11) is 0. The Morgan fingerprint density at radius 2 is 1.91 bits per heavy atom. The van der Waals surface area contributed by atoms with Gasteiger partial charge < -0.3 is 5.32 Å². The highest BCUT2D eigenvalue weighted by Crippen LogP contribution is 2.34. The largest absolute Gasteiger partial charge is 0.416 e. The second-order valence-corrected chi connectivity index (χ2v) is 8.95. The zero-order valence-corrected chi connectivity index (χ0v) is 19.6. The number of aromatic nitrogens is 2. The fourth-order valence-electron chi connectivity index (χ4n) is 3.99. The first kappa shape index (κ1) is 23.7. The Morgan fingerprint density at radius 3 is 2.59 bits per heavy atom. The summed E-state index contributed by atoms with van der Waals surface area (Å²) in [4.78, 5) is 31.5. The summed E-state index contributed by atoms with van der Waals surface area (Å²) in [5.41, 5.74) is 2.55. The molecule has 1 N–H and O–H groups in total. The van der Waals surface area contributed by atoms with Gasteiger partial charge >= 0.3 is 6.18 Å². The van der Waals surface area contributed by atoms with Crippen molar-refractivity contribution in [3.63, 3.8) is 0 Å². The highest BCUT2D eigenvalue weighted by Gasteiger charge is 2.31. The second kappa shape index (κ2) is 9.06. The molecule has 4 aromatic rings. The van der Waals surface area contributed by atoms with Crippen LogP contribution in [0.4, 0.5) is 18.9 Å². The van der Waals surface area contributed by atoms with E-state index >= 15 is 0 Å². The van der Waals surface area contributed by atoms with Crippen LogP contribution in [0.15, 0.2) is 59.0 Å². The van der Waals surface area contributed by atoms with Crippen LogP contribution in [0.3, 0.4) is 0 Å². The molecule has 2 aromatic heterocycles. The first-order chi connectivity index (χ1) is 16.1. The maximum Gasteiger partial charge on any atom is 0.416 e. The van der Waals surface area contributed by atoms with Gasteiger partial charge in [-0.1, -0.05) is 36.8 Å². The SMILES string of the molecule is CCC(C(=O)Nc1cccc(C(F)(F)F)c1)n1cnc2scc(-c3ccc(C)cc3C)c2c1=O. The molecule has 0 saturated heterocycles. The quantitative estimate of drug-likeness (QED) is 0.358. The molecule has 5 nitrogen and oxygen atoms in total. The van der Waals surface area contributed by atoms with Crippen molar-refractivity contribution < 1.29 is 18.0 Å². The normalized spacial score (nSPS) is 12.6. The number of benzene rings is 2. The number of hydrogen-bond acceptors (Lipinski definition) is 4. The molecule has 0 aliphatic rings. The molecule has 1 atom stereocenters. The van der Waals surface area contributed by atoms with E-state index in [0.29, 0.717) is 10.2 Å². The van der Waals surface area contributed by atoms with Crippen molar-refractivity contribution in [2.75, 3.05) is 5.32 Å². The molecule has 0 aliphatic heterocycles. The maximum absolute atomic E-state index is 13.5. The zero-order valence-electron chi connectivity index (χ0n) is 18.7. The third-order valence-corrected chi connectivity index (χ3v) is 6.56. The molecule has 0 saturated carbocycles. The lowest BCUT2D eigenvalue weighted by molar-refractivity contribution is -0.137. The van der Waals surface area contributed by atoms with Gasteiger partial charge in [0.05, 0.1) is 17.3 Å². The minimum absolute atomic E-state index is 0.00636. The van der Waals surface area contributed by atoms with E-state index in [-0.39, 0.29) is 17.7 Å². The minimum atomic E-state index is -4.53. The summed E-state index contributed by atoms with van der Waals surface area (Å²) >= 11 is 1.35. The van der Waals surface area contributed by atoms with Gasteiger partial charge in [0.15, 0.2) is 0 Å². The number of thiophene rings is 1. The highest BCUT2D eigenvalue weighted by atomic mass is 32.1. The van der Waals surface area contributed by atoms with Crippen molar-refractivity contribution in [1.82, 2.24) is 9.55 Å². The van der Waals surface area contributed by atoms with E-state index in [2.05, 4.69) is 10.3 Å². The molecule has 0 aliphatic carbocycles. The number of alkyl halides is 3. The summed E-state index contributed by atoms with van der Waals surface area (Å²) in [6.07, 6.45) is -2.95. The number of carbonyl (C=O) groups is 1. The number of carbonyl (C=O) groups excluding carboxylic acids is 1. The third-order valence-electron chi connectivity index (χ3n) is 5.67. The average molecular weight is 486 g/mol. The van der Waals surface area contributed by atoms with Crippen LogP contribution in [-0.2, 0) is 11.0 Å². The summed E-state index contributed by atoms with van der Waals surface area (Å²) in [5, 5.41) is 4.81. The van der Waals surface area contributed by atoms with E-state index in [4.69, 9.17) is 0 Å². The molecular weight excluding hydrogens is 463 g/mol. The van der Waals surface area contributed by atoms with Crippen LogP contribution in [0, 0.1) is 13.8 Å². The Balaban J connectivity index is 1.73. The molecule has 176 valence electrons. The molecule has 1 unspecified atom stereocenters. The van der Waals surface area contributed by atoms with Crippen LogP contribution in [0.1, 0.15) is 36.1 Å². The number of rotatable bonds is 5. The summed E-state index contributed by atoms with van der Waals surface area (Å²) in [6, 6.07) is 9.42. The first-order valence-electron chi connectivity index (χ1n) is 10.6. The van der Waals surface area contributed by atoms with Crippen molar-refractivity contribution in [1.29, 1.82) is 0 Å². The second-order valence-electron chi connectivity index (χ2n) is 8.10. The lowest BCUT2D eigenvalue weighted by Gasteiger charge is -2.18. The Kier molecular flexibility index (Phi) is 6.31. The van der Waals surface area contributed by atoms with Gasteiger partial charge in [-0.25, -0.2) is 4.98 Å². The highest BCUT2D eigenvalue weighted by molar-refractivity contribution is 7.17. The van der Waals surface area contributed by atoms with Gasteiger partial charge in [0.1, 0.15) is 10.9 Å². The number of halogens is 3. The topological polar surface area (TPSA) is 64.0 Å². The molecule has 4 rings (SSSR count). The van der Waals surface area contributed by atoms with Gasteiger partial charge in [-0.3, -0.25) is 14.2 Å². The van der Waals surface area contributed by atoms with Gasteiger partial charge in [0.2, 0.25) is 5.91 Å². The number of hydrogen-bond donors (Lipinski definition) is 1. The number of amides is 1. The fraction of sp³-hybridized carbons (Fsp3) is 0.240. The van der Waals surface area contributed by atoms with E-state index in [0.717, 1.165) is 34.4 Å². The van der Waals surface area contributed by atoms with Crippen LogP contribution < -0.4 is 10.9 Å². The molecule has 1 amide bonds. The summed E-state index contributed by atoms with van der Waals surface area (Å²) in [6.45, 7) is 5.69. The molecule has 0 spiro atoms. The fourth-order valence-corrected chi connectivity index (χ4v) is 4.89. The molecule has 0 radical (unpaired) electrons. The van der Waals surface area contributed by atoms with E-state index in [1.165, 1.54) is 34.4 Å². The lowest BCUT2D eigenvalue weighted by atomic mass is 9.99. The van der Waals surface area contributed by atoms with E-state index in [1.54, 1.807) is 6.92 Å². The third kappa shape index (κ3) is 4.48. The van der Waals surface area contributed by atoms with E-state index in [1.807, 2.05) is 37.4 Å². The van der Waals surface area contributed by atoms with Crippen molar-refractivity contribution in [2.45, 2.75) is 39.4 Å². The predicted molar refractivity (Wildman–Crippen MR) is 128 cm³/mol. The number of anilines is 1. The Bertz CT molecular complexity index is 1440. The van der Waals surface area contributed by atoms with Crippen LogP contribution in [0.2, 0.25) is 0 Å². The van der Waals surface area contributed by atoms with Crippen molar-refractivity contribution in [3.05, 3.63) is 81.2 Å². The molecule has 2 heterocycles. The zero-order chi connectivity index (χ0) is 24.6. The lowest BCUT2D eigenvalue weighted by Crippen LogP contribution is -2.33. The Morgan fingerprint density at radius 1 is 1.15 bits per heavy atom. The standard InChI is InChI=1S/C25H22F3N3O2S/c1-4-20(22(32)30-17-7-5-6-16(11-17)25(26,27)28)31-13-29-23-21(24(31)33)19(12-34-23)18-9-8-14(2)10-15(18)3/h5-13,20H,4H2,1-3H3,(H,30,32). The van der Waals surface area contributed by atoms with Crippen molar-refractivity contribution in [3.8, 4) is 11.1 Å². The smallest absolute Gasteiger partial charge is 0.324 e. The van der Waals surface area contributed by atoms with Gasteiger partial charge in [0, 0.05) is 16.6 Å². The molecule has 9 heteroatoms. The van der Waals surface area contributed by atoms with E-state index < -0.39 is 23.7 Å². The van der Waals surface area contributed by atoms with Gasteiger partial charge in [-0.05, 0) is 49.6 Å². The molecule has 0 bridgehead atoms. The Labute approximate surface area is 197 Å². The summed E-state index contributed by atoms with van der Waals surface area (Å²) < 4.78 is 40.3. The molecule has 34 heavy (non-hydrogen) atoms. The van der Waals surface area contributed by atoms with Crippen LogP contribution >= 0.6 is 11.3 Å². The van der Waals surface area contributed by atoms with E-state index in [9.17, 15) is 22.8 Å². The van der Waals surface area contributed by atoms with Crippen molar-refractivity contribution >= 4 is 33.1 Å². The van der Waals surface area contributed by atoms with Crippen molar-refractivity contribution in [2.24, 2.45) is 0 Å². The monoisotopic (exact) mass is 485 g/mol. The number of aryl methyl sites for hydroxylation is 2. The Hall–Kier alpha value is -3.46. The first-order valence-corrected chi connectivity index (χ1v) is 11.5. The van der Waals surface area contributed by atoms with Gasteiger partial charge in [-0.15, -0.1) is 11.3 Å². The molecule has 2 aromatic carbocycles. The van der Waals surface area contributed by atoms with Crippen LogP contribution in [0.25, 0.3) is 21.3 Å².